The minimum Gasteiger partial charge on any atom is -0.329 e. The molecule has 1 aromatic rings. The molecule has 0 bridgehead atoms. The van der Waals surface area contributed by atoms with E-state index in [4.69, 9.17) is 5.73 Å². The third-order valence-electron chi connectivity index (χ3n) is 3.98. The van der Waals surface area contributed by atoms with Gasteiger partial charge in [0.25, 0.3) is 0 Å². The van der Waals surface area contributed by atoms with Crippen molar-refractivity contribution in [3.05, 3.63) is 35.4 Å². The summed E-state index contributed by atoms with van der Waals surface area (Å²) < 4.78 is 37.7. The fraction of sp³-hybridized carbons (Fsp3) is 0.600. The average Bonchev–Trinajstić information content (AvgIpc) is 2.39. The van der Waals surface area contributed by atoms with Gasteiger partial charge in [-0.25, -0.2) is 0 Å². The molecule has 20 heavy (non-hydrogen) atoms. The van der Waals surface area contributed by atoms with Crippen LogP contribution in [0.4, 0.5) is 13.2 Å². The molecule has 1 heterocycles. The highest BCUT2D eigenvalue weighted by atomic mass is 19.4. The van der Waals surface area contributed by atoms with Crippen LogP contribution in [0.2, 0.25) is 0 Å². The summed E-state index contributed by atoms with van der Waals surface area (Å²) in [6.45, 7) is 4.56. The van der Waals surface area contributed by atoms with Crippen molar-refractivity contribution in [3.8, 4) is 0 Å². The molecule has 1 aliphatic rings. The Labute approximate surface area is 117 Å². The van der Waals surface area contributed by atoms with Crippen LogP contribution in [0.25, 0.3) is 0 Å². The van der Waals surface area contributed by atoms with Gasteiger partial charge in [-0.3, -0.25) is 4.90 Å². The summed E-state index contributed by atoms with van der Waals surface area (Å²) in [6, 6.07) is 5.41. The molecule has 2 rings (SSSR count). The zero-order chi connectivity index (χ0) is 14.8. The van der Waals surface area contributed by atoms with Crippen molar-refractivity contribution in [1.29, 1.82) is 0 Å². The van der Waals surface area contributed by atoms with Gasteiger partial charge < -0.3 is 5.73 Å². The second-order valence-electron chi connectivity index (χ2n) is 5.61. The summed E-state index contributed by atoms with van der Waals surface area (Å²) in [6.07, 6.45) is -1.95. The van der Waals surface area contributed by atoms with E-state index in [1.54, 1.807) is 12.1 Å². The highest BCUT2D eigenvalue weighted by Crippen LogP contribution is 2.31. The zero-order valence-electron chi connectivity index (χ0n) is 11.7. The number of rotatable bonds is 3. The number of hydrogen-bond donors (Lipinski definition) is 1. The lowest BCUT2D eigenvalue weighted by Crippen LogP contribution is -2.40. The van der Waals surface area contributed by atoms with Crippen molar-refractivity contribution in [1.82, 2.24) is 4.90 Å². The maximum Gasteiger partial charge on any atom is 0.416 e. The summed E-state index contributed by atoms with van der Waals surface area (Å²) in [5.41, 5.74) is 6.10. The first-order valence-electron chi connectivity index (χ1n) is 7.03. The molecule has 112 valence electrons. The number of nitrogens with zero attached hydrogens (tertiary/aromatic N) is 1. The van der Waals surface area contributed by atoms with E-state index in [2.05, 4.69) is 11.8 Å². The fourth-order valence-corrected chi connectivity index (χ4v) is 2.90. The second kappa shape index (κ2) is 6.14. The standard InChI is InChI=1S/C15H21F3N2/c1-11-3-2-8-20(10-11)14(9-19)12-4-6-13(7-5-12)15(16,17)18/h4-7,11,14H,2-3,8-10,19H2,1H3/t11-,14+/m0/s1. The molecule has 0 amide bonds. The second-order valence-corrected chi connectivity index (χ2v) is 5.61. The molecule has 2 N–H and O–H groups in total. The molecular weight excluding hydrogens is 265 g/mol. The van der Waals surface area contributed by atoms with Crippen LogP contribution in [0.3, 0.4) is 0 Å². The predicted molar refractivity (Wildman–Crippen MR) is 73.2 cm³/mol. The Hall–Kier alpha value is -1.07. The largest absolute Gasteiger partial charge is 0.416 e. The summed E-state index contributed by atoms with van der Waals surface area (Å²) >= 11 is 0. The van der Waals surface area contributed by atoms with E-state index in [0.29, 0.717) is 12.5 Å². The quantitative estimate of drug-likeness (QED) is 0.922. The summed E-state index contributed by atoms with van der Waals surface area (Å²) in [4.78, 5) is 2.29. The van der Waals surface area contributed by atoms with Gasteiger partial charge in [0, 0.05) is 19.1 Å². The number of alkyl halides is 3. The third-order valence-corrected chi connectivity index (χ3v) is 3.98. The molecule has 0 unspecified atom stereocenters. The van der Waals surface area contributed by atoms with Crippen molar-refractivity contribution in [3.63, 3.8) is 0 Å². The van der Waals surface area contributed by atoms with Gasteiger partial charge in [0.05, 0.1) is 5.56 Å². The summed E-state index contributed by atoms with van der Waals surface area (Å²) in [5.74, 6) is 0.618. The third kappa shape index (κ3) is 3.52. The van der Waals surface area contributed by atoms with E-state index >= 15 is 0 Å². The van der Waals surface area contributed by atoms with Crippen LogP contribution in [-0.4, -0.2) is 24.5 Å². The van der Waals surface area contributed by atoms with E-state index in [-0.39, 0.29) is 6.04 Å². The molecule has 1 aliphatic heterocycles. The van der Waals surface area contributed by atoms with E-state index in [1.165, 1.54) is 6.42 Å². The van der Waals surface area contributed by atoms with E-state index in [0.717, 1.165) is 37.2 Å². The molecule has 1 fully saturated rings. The Morgan fingerprint density at radius 3 is 2.45 bits per heavy atom. The van der Waals surface area contributed by atoms with Gasteiger partial charge in [-0.15, -0.1) is 0 Å². The number of likely N-dealkylation sites (tertiary alicyclic amines) is 1. The van der Waals surface area contributed by atoms with Crippen LogP contribution in [0.1, 0.15) is 36.9 Å². The highest BCUT2D eigenvalue weighted by molar-refractivity contribution is 5.27. The van der Waals surface area contributed by atoms with Crippen LogP contribution in [0.5, 0.6) is 0 Å². The molecule has 1 saturated heterocycles. The SMILES string of the molecule is C[C@H]1CCCN([C@H](CN)c2ccc(C(F)(F)F)cc2)C1. The normalized spacial score (nSPS) is 22.8. The van der Waals surface area contributed by atoms with Crippen LogP contribution in [0.15, 0.2) is 24.3 Å². The van der Waals surface area contributed by atoms with E-state index in [9.17, 15) is 13.2 Å². The first-order chi connectivity index (χ1) is 9.41. The maximum absolute atomic E-state index is 12.6. The van der Waals surface area contributed by atoms with Gasteiger partial charge in [0.2, 0.25) is 0 Å². The zero-order valence-corrected chi connectivity index (χ0v) is 11.7. The van der Waals surface area contributed by atoms with Crippen LogP contribution < -0.4 is 5.73 Å². The Kier molecular flexibility index (Phi) is 4.70. The highest BCUT2D eigenvalue weighted by Gasteiger charge is 2.31. The first-order valence-corrected chi connectivity index (χ1v) is 7.03. The molecule has 0 aliphatic carbocycles. The van der Waals surface area contributed by atoms with Crippen molar-refractivity contribution in [2.75, 3.05) is 19.6 Å². The number of halogens is 3. The molecule has 0 aromatic heterocycles. The lowest BCUT2D eigenvalue weighted by Gasteiger charge is -2.37. The maximum atomic E-state index is 12.6. The van der Waals surface area contributed by atoms with Gasteiger partial charge in [0.1, 0.15) is 0 Å². The van der Waals surface area contributed by atoms with Gasteiger partial charge in [-0.1, -0.05) is 19.1 Å². The predicted octanol–water partition coefficient (Wildman–Crippen LogP) is 3.44. The average molecular weight is 286 g/mol. The number of hydrogen-bond acceptors (Lipinski definition) is 2. The number of piperidine rings is 1. The fourth-order valence-electron chi connectivity index (χ4n) is 2.90. The van der Waals surface area contributed by atoms with Crippen molar-refractivity contribution in [2.45, 2.75) is 32.0 Å². The van der Waals surface area contributed by atoms with E-state index in [1.807, 2.05) is 0 Å². The molecular formula is C15H21F3N2. The minimum atomic E-state index is -4.28. The van der Waals surface area contributed by atoms with Crippen LogP contribution in [0, 0.1) is 5.92 Å². The lowest BCUT2D eigenvalue weighted by atomic mass is 9.96. The Bertz CT molecular complexity index is 428. The molecule has 2 atom stereocenters. The molecule has 2 nitrogen and oxygen atoms in total. The molecule has 0 radical (unpaired) electrons. The summed E-state index contributed by atoms with van der Waals surface area (Å²) in [5, 5.41) is 0. The van der Waals surface area contributed by atoms with Gasteiger partial charge in [0.15, 0.2) is 0 Å². The van der Waals surface area contributed by atoms with Crippen molar-refractivity contribution in [2.24, 2.45) is 11.7 Å². The topological polar surface area (TPSA) is 29.3 Å². The van der Waals surface area contributed by atoms with Gasteiger partial charge in [-0.2, -0.15) is 13.2 Å². The Balaban J connectivity index is 2.15. The Morgan fingerprint density at radius 1 is 1.30 bits per heavy atom. The molecule has 0 spiro atoms. The molecule has 5 heteroatoms. The molecule has 1 aromatic carbocycles. The number of nitrogens with two attached hydrogens (primary N) is 1. The number of benzene rings is 1. The van der Waals surface area contributed by atoms with Crippen molar-refractivity contribution >= 4 is 0 Å². The monoisotopic (exact) mass is 286 g/mol. The van der Waals surface area contributed by atoms with Crippen molar-refractivity contribution < 1.29 is 13.2 Å². The molecule has 0 saturated carbocycles. The van der Waals surface area contributed by atoms with Crippen LogP contribution >= 0.6 is 0 Å². The smallest absolute Gasteiger partial charge is 0.329 e. The summed E-state index contributed by atoms with van der Waals surface area (Å²) in [7, 11) is 0. The van der Waals surface area contributed by atoms with E-state index < -0.39 is 11.7 Å². The first kappa shape index (κ1) is 15.3. The Morgan fingerprint density at radius 2 is 1.95 bits per heavy atom. The minimum absolute atomic E-state index is 0.0139. The van der Waals surface area contributed by atoms with Crippen LogP contribution in [-0.2, 0) is 6.18 Å². The van der Waals surface area contributed by atoms with Gasteiger partial charge >= 0.3 is 6.18 Å². The lowest BCUT2D eigenvalue weighted by molar-refractivity contribution is -0.137. The van der Waals surface area contributed by atoms with Gasteiger partial charge in [-0.05, 0) is 43.0 Å².